The van der Waals surface area contributed by atoms with Crippen LogP contribution in [0.25, 0.3) is 0 Å². The molecule has 3 nitrogen and oxygen atoms in total. The summed E-state index contributed by atoms with van der Waals surface area (Å²) in [6.07, 6.45) is 3.89. The Morgan fingerprint density at radius 3 is 2.94 bits per heavy atom. The first-order valence-corrected chi connectivity index (χ1v) is 5.87. The molecule has 3 heteroatoms. The molecule has 3 N–H and O–H groups in total. The van der Waals surface area contributed by atoms with Crippen molar-refractivity contribution in [1.82, 2.24) is 0 Å². The van der Waals surface area contributed by atoms with Gasteiger partial charge in [-0.2, -0.15) is 0 Å². The van der Waals surface area contributed by atoms with Gasteiger partial charge < -0.3 is 15.8 Å². The third-order valence-electron chi connectivity index (χ3n) is 3.47. The molecule has 2 unspecified atom stereocenters. The maximum Gasteiger partial charge on any atom is 0.0772 e. The molecule has 1 saturated carbocycles. The van der Waals surface area contributed by atoms with Crippen LogP contribution in [0.15, 0.2) is 18.2 Å². The van der Waals surface area contributed by atoms with Gasteiger partial charge in [0.05, 0.1) is 12.1 Å². The molecule has 0 aromatic heterocycles. The summed E-state index contributed by atoms with van der Waals surface area (Å²) < 4.78 is 5.47. The van der Waals surface area contributed by atoms with Gasteiger partial charge in [0, 0.05) is 18.5 Å². The number of benzene rings is 1. The van der Waals surface area contributed by atoms with Crippen molar-refractivity contribution in [2.75, 3.05) is 18.2 Å². The predicted molar refractivity (Wildman–Crippen MR) is 67.7 cm³/mol. The maximum atomic E-state index is 5.89. The number of hydrogen-bond acceptors (Lipinski definition) is 3. The van der Waals surface area contributed by atoms with Crippen LogP contribution in [0.4, 0.5) is 11.4 Å². The van der Waals surface area contributed by atoms with Crippen LogP contribution in [-0.2, 0) is 4.74 Å². The number of nitrogens with one attached hydrogen (secondary N) is 1. The second-order valence-electron chi connectivity index (χ2n) is 4.48. The van der Waals surface area contributed by atoms with E-state index in [0.717, 1.165) is 23.4 Å². The van der Waals surface area contributed by atoms with Crippen LogP contribution in [0.3, 0.4) is 0 Å². The van der Waals surface area contributed by atoms with Crippen LogP contribution in [0.5, 0.6) is 0 Å². The minimum atomic E-state index is 0.334. The van der Waals surface area contributed by atoms with Gasteiger partial charge in [-0.25, -0.2) is 0 Å². The average Bonchev–Trinajstić information content (AvgIpc) is 2.72. The van der Waals surface area contributed by atoms with E-state index in [4.69, 9.17) is 10.5 Å². The van der Waals surface area contributed by atoms with Crippen molar-refractivity contribution >= 4 is 11.4 Å². The minimum Gasteiger partial charge on any atom is -0.398 e. The standard InChI is InChI=1S/C13H20N2O/c1-9-10(14)5-3-6-11(9)15-12-7-4-8-13(12)16-2/h3,5-6,12-13,15H,4,7-8,14H2,1-2H3. The van der Waals surface area contributed by atoms with Gasteiger partial charge in [-0.1, -0.05) is 6.07 Å². The normalized spacial score (nSPS) is 24.6. The van der Waals surface area contributed by atoms with Crippen LogP contribution < -0.4 is 11.1 Å². The third-order valence-corrected chi connectivity index (χ3v) is 3.47. The molecule has 0 amide bonds. The first kappa shape index (κ1) is 11.3. The SMILES string of the molecule is COC1CCCC1Nc1cccc(N)c1C. The molecule has 0 spiro atoms. The number of anilines is 2. The highest BCUT2D eigenvalue weighted by Gasteiger charge is 2.27. The highest BCUT2D eigenvalue weighted by atomic mass is 16.5. The van der Waals surface area contributed by atoms with Gasteiger partial charge in [0.1, 0.15) is 0 Å². The van der Waals surface area contributed by atoms with Crippen LogP contribution in [0.1, 0.15) is 24.8 Å². The third kappa shape index (κ3) is 2.14. The van der Waals surface area contributed by atoms with Crippen molar-refractivity contribution in [3.8, 4) is 0 Å². The lowest BCUT2D eigenvalue weighted by molar-refractivity contribution is 0.101. The maximum absolute atomic E-state index is 5.89. The Balaban J connectivity index is 2.11. The van der Waals surface area contributed by atoms with Gasteiger partial charge in [-0.05, 0) is 43.9 Å². The van der Waals surface area contributed by atoms with E-state index in [9.17, 15) is 0 Å². The Morgan fingerprint density at radius 1 is 1.38 bits per heavy atom. The van der Waals surface area contributed by atoms with Crippen LogP contribution in [-0.4, -0.2) is 19.3 Å². The fourth-order valence-electron chi connectivity index (χ4n) is 2.38. The monoisotopic (exact) mass is 220 g/mol. The summed E-state index contributed by atoms with van der Waals surface area (Å²) in [5.41, 5.74) is 9.00. The number of methoxy groups -OCH3 is 1. The van der Waals surface area contributed by atoms with E-state index in [1.807, 2.05) is 12.1 Å². The van der Waals surface area contributed by atoms with Crippen molar-refractivity contribution in [2.45, 2.75) is 38.3 Å². The molecular formula is C13H20N2O. The summed E-state index contributed by atoms with van der Waals surface area (Å²) in [4.78, 5) is 0. The Hall–Kier alpha value is -1.22. The number of ether oxygens (including phenoxy) is 1. The molecule has 16 heavy (non-hydrogen) atoms. The van der Waals surface area contributed by atoms with Gasteiger partial charge in [0.2, 0.25) is 0 Å². The molecule has 1 fully saturated rings. The molecule has 2 rings (SSSR count). The van der Waals surface area contributed by atoms with Crippen molar-refractivity contribution in [1.29, 1.82) is 0 Å². The van der Waals surface area contributed by atoms with Gasteiger partial charge in [-0.3, -0.25) is 0 Å². The zero-order chi connectivity index (χ0) is 11.5. The second-order valence-corrected chi connectivity index (χ2v) is 4.48. The summed E-state index contributed by atoms with van der Waals surface area (Å²) >= 11 is 0. The van der Waals surface area contributed by atoms with Gasteiger partial charge >= 0.3 is 0 Å². The van der Waals surface area contributed by atoms with E-state index in [-0.39, 0.29) is 0 Å². The number of nitrogen functional groups attached to an aromatic ring is 1. The molecule has 2 atom stereocenters. The highest BCUT2D eigenvalue weighted by molar-refractivity contribution is 5.63. The smallest absolute Gasteiger partial charge is 0.0772 e. The first-order chi connectivity index (χ1) is 7.72. The Kier molecular flexibility index (Phi) is 3.34. The lowest BCUT2D eigenvalue weighted by Crippen LogP contribution is -2.30. The summed E-state index contributed by atoms with van der Waals surface area (Å²) in [6, 6.07) is 6.42. The molecule has 0 saturated heterocycles. The van der Waals surface area contributed by atoms with Crippen LogP contribution in [0.2, 0.25) is 0 Å². The second kappa shape index (κ2) is 4.74. The van der Waals surface area contributed by atoms with E-state index in [2.05, 4.69) is 18.3 Å². The van der Waals surface area contributed by atoms with Crippen molar-refractivity contribution in [2.24, 2.45) is 0 Å². The van der Waals surface area contributed by atoms with E-state index < -0.39 is 0 Å². The Morgan fingerprint density at radius 2 is 2.19 bits per heavy atom. The molecule has 1 aliphatic carbocycles. The minimum absolute atomic E-state index is 0.334. The first-order valence-electron chi connectivity index (χ1n) is 5.87. The summed E-state index contributed by atoms with van der Waals surface area (Å²) in [7, 11) is 1.79. The van der Waals surface area contributed by atoms with E-state index in [0.29, 0.717) is 12.1 Å². The number of nitrogens with two attached hydrogens (primary N) is 1. The van der Waals surface area contributed by atoms with Crippen LogP contribution >= 0.6 is 0 Å². The van der Waals surface area contributed by atoms with Gasteiger partial charge in [0.25, 0.3) is 0 Å². The largest absolute Gasteiger partial charge is 0.398 e. The molecule has 1 aliphatic rings. The zero-order valence-electron chi connectivity index (χ0n) is 9.99. The predicted octanol–water partition coefficient (Wildman–Crippen LogP) is 2.56. The molecule has 1 aromatic carbocycles. The average molecular weight is 220 g/mol. The summed E-state index contributed by atoms with van der Waals surface area (Å²) in [5.74, 6) is 0. The van der Waals surface area contributed by atoms with Crippen LogP contribution in [0, 0.1) is 6.92 Å². The summed E-state index contributed by atoms with van der Waals surface area (Å²) in [5, 5.41) is 3.55. The molecule has 0 heterocycles. The molecule has 1 aromatic rings. The van der Waals surface area contributed by atoms with E-state index in [1.54, 1.807) is 7.11 Å². The summed E-state index contributed by atoms with van der Waals surface area (Å²) in [6.45, 7) is 2.05. The molecule has 0 radical (unpaired) electrons. The highest BCUT2D eigenvalue weighted by Crippen LogP contribution is 2.28. The van der Waals surface area contributed by atoms with E-state index >= 15 is 0 Å². The molecular weight excluding hydrogens is 200 g/mol. The van der Waals surface area contributed by atoms with Crippen molar-refractivity contribution in [3.63, 3.8) is 0 Å². The Bertz CT molecular complexity index is 365. The topological polar surface area (TPSA) is 47.3 Å². The van der Waals surface area contributed by atoms with Gasteiger partial charge in [-0.15, -0.1) is 0 Å². The number of rotatable bonds is 3. The number of hydrogen-bond donors (Lipinski definition) is 2. The van der Waals surface area contributed by atoms with E-state index in [1.165, 1.54) is 12.8 Å². The fraction of sp³-hybridized carbons (Fsp3) is 0.538. The zero-order valence-corrected chi connectivity index (χ0v) is 9.99. The lowest BCUT2D eigenvalue weighted by Gasteiger charge is -2.22. The lowest BCUT2D eigenvalue weighted by atomic mass is 10.1. The van der Waals surface area contributed by atoms with Crippen molar-refractivity contribution < 1.29 is 4.74 Å². The van der Waals surface area contributed by atoms with Gasteiger partial charge in [0.15, 0.2) is 0 Å². The fourth-order valence-corrected chi connectivity index (χ4v) is 2.38. The molecule has 0 aliphatic heterocycles. The quantitative estimate of drug-likeness (QED) is 0.770. The molecule has 88 valence electrons. The van der Waals surface area contributed by atoms with Crippen molar-refractivity contribution in [3.05, 3.63) is 23.8 Å². The Labute approximate surface area is 97.0 Å². The molecule has 0 bridgehead atoms.